The topological polar surface area (TPSA) is 48.4 Å². The number of hydrogen-bond donors (Lipinski definition) is 2. The third-order valence-electron chi connectivity index (χ3n) is 2.44. The van der Waals surface area contributed by atoms with E-state index < -0.39 is 0 Å². The molecule has 2 N–H and O–H groups in total. The second-order valence-corrected chi connectivity index (χ2v) is 5.26. The molecule has 0 fully saturated rings. The van der Waals surface area contributed by atoms with Crippen LogP contribution in [-0.4, -0.2) is 36.8 Å². The third kappa shape index (κ3) is 3.73. The van der Waals surface area contributed by atoms with Gasteiger partial charge < -0.3 is 15.3 Å². The van der Waals surface area contributed by atoms with Gasteiger partial charge in [0.15, 0.2) is 5.13 Å². The third-order valence-corrected chi connectivity index (χ3v) is 3.76. The van der Waals surface area contributed by atoms with Crippen LogP contribution in [0.15, 0.2) is 0 Å². The predicted octanol–water partition coefficient (Wildman–Crippen LogP) is 1.38. The molecule has 0 unspecified atom stereocenters. The highest BCUT2D eigenvalue weighted by molar-refractivity contribution is 7.15. The highest BCUT2D eigenvalue weighted by Gasteiger charge is 2.09. The maximum atomic E-state index is 8.81. The van der Waals surface area contributed by atoms with Gasteiger partial charge in [-0.2, -0.15) is 0 Å². The van der Waals surface area contributed by atoms with Gasteiger partial charge in [-0.25, -0.2) is 4.98 Å². The maximum Gasteiger partial charge on any atom is 0.185 e. The molecule has 1 aromatic rings. The van der Waals surface area contributed by atoms with E-state index in [1.165, 1.54) is 4.88 Å². The number of aryl methyl sites for hydroxylation is 1. The summed E-state index contributed by atoms with van der Waals surface area (Å²) in [6, 6.07) is 0.342. The first kappa shape index (κ1) is 13.4. The molecule has 0 aliphatic heterocycles. The summed E-state index contributed by atoms with van der Waals surface area (Å²) in [5.41, 5.74) is 1.09. The Hall–Kier alpha value is -0.650. The fourth-order valence-electron chi connectivity index (χ4n) is 1.33. The van der Waals surface area contributed by atoms with Gasteiger partial charge in [0.25, 0.3) is 0 Å². The van der Waals surface area contributed by atoms with Crippen molar-refractivity contribution in [3.05, 3.63) is 10.6 Å². The van der Waals surface area contributed by atoms with Crippen LogP contribution in [-0.2, 0) is 6.54 Å². The Labute approximate surface area is 101 Å². The van der Waals surface area contributed by atoms with E-state index in [0.29, 0.717) is 6.04 Å². The van der Waals surface area contributed by atoms with E-state index in [2.05, 4.69) is 17.2 Å². The van der Waals surface area contributed by atoms with E-state index in [1.807, 2.05) is 25.9 Å². The van der Waals surface area contributed by atoms with Gasteiger partial charge in [-0.1, -0.05) is 0 Å². The number of aliphatic hydroxyl groups excluding tert-OH is 1. The fourth-order valence-corrected chi connectivity index (χ4v) is 2.26. The summed E-state index contributed by atoms with van der Waals surface area (Å²) in [7, 11) is 4.01. The normalized spacial score (nSPS) is 12.8. The molecule has 0 saturated carbocycles. The van der Waals surface area contributed by atoms with Crippen molar-refractivity contribution in [2.75, 3.05) is 25.6 Å². The van der Waals surface area contributed by atoms with Crippen LogP contribution in [0.25, 0.3) is 0 Å². The lowest BCUT2D eigenvalue weighted by Crippen LogP contribution is -2.26. The van der Waals surface area contributed by atoms with Gasteiger partial charge in [0.05, 0.1) is 5.69 Å². The molecule has 1 atom stereocenters. The van der Waals surface area contributed by atoms with Crippen molar-refractivity contribution >= 4 is 16.5 Å². The summed E-state index contributed by atoms with van der Waals surface area (Å²) in [6.07, 6.45) is 0.790. The molecule has 0 radical (unpaired) electrons. The lowest BCUT2D eigenvalue weighted by atomic mass is 10.2. The van der Waals surface area contributed by atoms with E-state index in [4.69, 9.17) is 5.11 Å². The van der Waals surface area contributed by atoms with Crippen LogP contribution in [0, 0.1) is 6.92 Å². The molecule has 16 heavy (non-hydrogen) atoms. The Balaban J connectivity index is 2.53. The summed E-state index contributed by atoms with van der Waals surface area (Å²) in [5, 5.41) is 13.2. The van der Waals surface area contributed by atoms with Gasteiger partial charge in [-0.15, -0.1) is 11.3 Å². The molecular formula is C11H21N3OS. The van der Waals surface area contributed by atoms with Crippen LogP contribution in [0.3, 0.4) is 0 Å². The van der Waals surface area contributed by atoms with Crippen LogP contribution >= 0.6 is 11.3 Å². The molecule has 0 spiro atoms. The number of aliphatic hydroxyl groups is 1. The summed E-state index contributed by atoms with van der Waals surface area (Å²) in [5.74, 6) is 0. The van der Waals surface area contributed by atoms with Gasteiger partial charge in [0.1, 0.15) is 0 Å². The summed E-state index contributed by atoms with van der Waals surface area (Å²) in [4.78, 5) is 7.79. The van der Waals surface area contributed by atoms with E-state index in [1.54, 1.807) is 11.3 Å². The van der Waals surface area contributed by atoms with Gasteiger partial charge >= 0.3 is 0 Å². The number of rotatable bonds is 6. The van der Waals surface area contributed by atoms with Crippen LogP contribution < -0.4 is 10.2 Å². The first-order valence-electron chi connectivity index (χ1n) is 5.52. The zero-order valence-corrected chi connectivity index (χ0v) is 11.3. The number of aromatic nitrogens is 1. The lowest BCUT2D eigenvalue weighted by molar-refractivity contribution is 0.269. The molecule has 92 valence electrons. The average molecular weight is 243 g/mol. The molecule has 0 aliphatic carbocycles. The molecule has 0 aliphatic rings. The SMILES string of the molecule is Cc1nc(N(C)C)sc1CN[C@H](C)CCO. The summed E-state index contributed by atoms with van der Waals surface area (Å²) in [6.45, 7) is 5.19. The lowest BCUT2D eigenvalue weighted by Gasteiger charge is -2.11. The fraction of sp³-hybridized carbons (Fsp3) is 0.727. The van der Waals surface area contributed by atoms with Gasteiger partial charge in [0, 0.05) is 38.2 Å². The van der Waals surface area contributed by atoms with Crippen LogP contribution in [0.5, 0.6) is 0 Å². The molecule has 0 amide bonds. The van der Waals surface area contributed by atoms with E-state index in [0.717, 1.165) is 23.8 Å². The van der Waals surface area contributed by atoms with E-state index in [-0.39, 0.29) is 6.61 Å². The highest BCUT2D eigenvalue weighted by atomic mass is 32.1. The van der Waals surface area contributed by atoms with Crippen LogP contribution in [0.4, 0.5) is 5.13 Å². The molecule has 4 nitrogen and oxygen atoms in total. The van der Waals surface area contributed by atoms with Crippen molar-refractivity contribution in [1.82, 2.24) is 10.3 Å². The Bertz CT molecular complexity index is 325. The zero-order valence-electron chi connectivity index (χ0n) is 10.4. The van der Waals surface area contributed by atoms with Crippen molar-refractivity contribution in [3.8, 4) is 0 Å². The minimum Gasteiger partial charge on any atom is -0.396 e. The monoisotopic (exact) mass is 243 g/mol. The molecule has 0 aromatic carbocycles. The second kappa shape index (κ2) is 6.18. The first-order chi connectivity index (χ1) is 7.54. The highest BCUT2D eigenvalue weighted by Crippen LogP contribution is 2.24. The van der Waals surface area contributed by atoms with Gasteiger partial charge in [-0.3, -0.25) is 0 Å². The standard InChI is InChI=1S/C11H21N3OS/c1-8(5-6-15)12-7-10-9(2)13-11(16-10)14(3)4/h8,12,15H,5-7H2,1-4H3/t8-/m1/s1. The molecule has 5 heteroatoms. The van der Waals surface area contributed by atoms with Crippen molar-refractivity contribution < 1.29 is 5.11 Å². The summed E-state index contributed by atoms with van der Waals surface area (Å²) < 4.78 is 0. The van der Waals surface area contributed by atoms with Crippen molar-refractivity contribution in [1.29, 1.82) is 0 Å². The number of anilines is 1. The Morgan fingerprint density at radius 2 is 2.19 bits per heavy atom. The molecule has 1 rings (SSSR count). The minimum absolute atomic E-state index is 0.235. The number of nitrogens with one attached hydrogen (secondary N) is 1. The number of hydrogen-bond acceptors (Lipinski definition) is 5. The van der Waals surface area contributed by atoms with Gasteiger partial charge in [0.2, 0.25) is 0 Å². The smallest absolute Gasteiger partial charge is 0.185 e. The molecule has 0 bridgehead atoms. The van der Waals surface area contributed by atoms with Crippen LogP contribution in [0.2, 0.25) is 0 Å². The van der Waals surface area contributed by atoms with E-state index >= 15 is 0 Å². The van der Waals surface area contributed by atoms with Gasteiger partial charge in [-0.05, 0) is 20.3 Å². The minimum atomic E-state index is 0.235. The molecular weight excluding hydrogens is 222 g/mol. The average Bonchev–Trinajstić information content (AvgIpc) is 2.58. The predicted molar refractivity (Wildman–Crippen MR) is 69.2 cm³/mol. The van der Waals surface area contributed by atoms with Crippen molar-refractivity contribution in [3.63, 3.8) is 0 Å². The number of nitrogens with zero attached hydrogens (tertiary/aromatic N) is 2. The number of thiazole rings is 1. The second-order valence-electron chi connectivity index (χ2n) is 4.19. The zero-order chi connectivity index (χ0) is 12.1. The summed E-state index contributed by atoms with van der Waals surface area (Å²) >= 11 is 1.72. The maximum absolute atomic E-state index is 8.81. The van der Waals surface area contributed by atoms with Crippen molar-refractivity contribution in [2.45, 2.75) is 32.9 Å². The largest absolute Gasteiger partial charge is 0.396 e. The first-order valence-corrected chi connectivity index (χ1v) is 6.34. The molecule has 0 saturated heterocycles. The Kier molecular flexibility index (Phi) is 5.18. The molecule has 1 aromatic heterocycles. The Morgan fingerprint density at radius 3 is 2.69 bits per heavy atom. The van der Waals surface area contributed by atoms with Crippen LogP contribution in [0.1, 0.15) is 23.9 Å². The van der Waals surface area contributed by atoms with E-state index in [9.17, 15) is 0 Å². The quantitative estimate of drug-likeness (QED) is 0.792. The molecule has 1 heterocycles. The Morgan fingerprint density at radius 1 is 1.50 bits per heavy atom. The van der Waals surface area contributed by atoms with Crippen molar-refractivity contribution in [2.24, 2.45) is 0 Å².